The van der Waals surface area contributed by atoms with Gasteiger partial charge in [-0.3, -0.25) is 9.59 Å². The first-order valence-electron chi connectivity index (χ1n) is 8.38. The summed E-state index contributed by atoms with van der Waals surface area (Å²) in [5.74, 6) is 0.0514. The van der Waals surface area contributed by atoms with Crippen molar-refractivity contribution < 1.29 is 9.90 Å². The van der Waals surface area contributed by atoms with Crippen LogP contribution in [-0.4, -0.2) is 39.0 Å². The minimum absolute atomic E-state index is 0.184. The van der Waals surface area contributed by atoms with Crippen molar-refractivity contribution in [3.8, 4) is 5.75 Å². The highest BCUT2D eigenvalue weighted by molar-refractivity contribution is 5.95. The van der Waals surface area contributed by atoms with Gasteiger partial charge < -0.3 is 15.0 Å². The number of pyridine rings is 2. The molecule has 0 saturated carbocycles. The van der Waals surface area contributed by atoms with Gasteiger partial charge in [0.05, 0.1) is 0 Å². The Morgan fingerprint density at radius 3 is 2.65 bits per heavy atom. The molecule has 3 heterocycles. The number of aromatic hydroxyl groups is 1. The third kappa shape index (κ3) is 2.97. The van der Waals surface area contributed by atoms with Crippen molar-refractivity contribution in [2.75, 3.05) is 13.1 Å². The number of phenolic OH excluding ortho intramolecular Hbond substituents is 1. The van der Waals surface area contributed by atoms with E-state index in [1.54, 1.807) is 41.4 Å². The van der Waals surface area contributed by atoms with Crippen molar-refractivity contribution in [2.45, 2.75) is 6.42 Å². The predicted octanol–water partition coefficient (Wildman–Crippen LogP) is 2.56. The summed E-state index contributed by atoms with van der Waals surface area (Å²) in [7, 11) is 0. The lowest BCUT2D eigenvalue weighted by molar-refractivity contribution is 0.0767. The summed E-state index contributed by atoms with van der Waals surface area (Å²) in [6, 6.07) is 12.2. The third-order valence-corrected chi connectivity index (χ3v) is 4.57. The molecule has 1 aliphatic heterocycles. The molecule has 130 valence electrons. The second-order valence-corrected chi connectivity index (χ2v) is 6.22. The van der Waals surface area contributed by atoms with Gasteiger partial charge in [0.15, 0.2) is 0 Å². The van der Waals surface area contributed by atoms with E-state index in [9.17, 15) is 14.7 Å². The van der Waals surface area contributed by atoms with Crippen molar-refractivity contribution in [3.05, 3.63) is 76.3 Å². The highest BCUT2D eigenvalue weighted by atomic mass is 16.3. The molecule has 0 unspecified atom stereocenters. The van der Waals surface area contributed by atoms with E-state index in [4.69, 9.17) is 0 Å². The van der Waals surface area contributed by atoms with Crippen LogP contribution in [0.3, 0.4) is 0 Å². The Bertz CT molecular complexity index is 1070. The van der Waals surface area contributed by atoms with Crippen molar-refractivity contribution in [1.29, 1.82) is 0 Å². The zero-order chi connectivity index (χ0) is 18.1. The second kappa shape index (κ2) is 6.48. The lowest BCUT2D eigenvalue weighted by Gasteiger charge is -2.26. The minimum atomic E-state index is -0.301. The van der Waals surface area contributed by atoms with Crippen LogP contribution in [0.2, 0.25) is 0 Å². The largest absolute Gasteiger partial charge is 0.508 e. The number of hydrogen-bond acceptors (Lipinski definition) is 4. The first kappa shape index (κ1) is 16.1. The summed E-state index contributed by atoms with van der Waals surface area (Å²) >= 11 is 0. The number of benzene rings is 1. The molecule has 6 nitrogen and oxygen atoms in total. The first-order chi connectivity index (χ1) is 12.6. The Balaban J connectivity index is 1.56. The Morgan fingerprint density at radius 2 is 1.92 bits per heavy atom. The van der Waals surface area contributed by atoms with Crippen LogP contribution >= 0.6 is 0 Å². The van der Waals surface area contributed by atoms with E-state index in [1.165, 1.54) is 0 Å². The van der Waals surface area contributed by atoms with Crippen LogP contribution in [0.4, 0.5) is 0 Å². The Kier molecular flexibility index (Phi) is 4.01. The predicted molar refractivity (Wildman–Crippen MR) is 99.0 cm³/mol. The molecule has 0 radical (unpaired) electrons. The number of aromatic nitrogens is 2. The van der Waals surface area contributed by atoms with Crippen LogP contribution in [0.5, 0.6) is 5.75 Å². The molecule has 1 aliphatic rings. The average molecular weight is 347 g/mol. The molecule has 3 aromatic rings. The lowest BCUT2D eigenvalue weighted by Crippen LogP contribution is -2.35. The van der Waals surface area contributed by atoms with Crippen molar-refractivity contribution in [2.24, 2.45) is 0 Å². The summed E-state index contributed by atoms with van der Waals surface area (Å²) in [5.41, 5.74) is 2.44. The molecular weight excluding hydrogens is 330 g/mol. The van der Waals surface area contributed by atoms with Gasteiger partial charge in [-0.25, -0.2) is 4.98 Å². The van der Waals surface area contributed by atoms with Gasteiger partial charge >= 0.3 is 0 Å². The number of H-pyrrole nitrogens is 1. The molecule has 2 aromatic heterocycles. The van der Waals surface area contributed by atoms with E-state index in [1.807, 2.05) is 18.2 Å². The number of carbonyl (C=O) groups excluding carboxylic acids is 1. The van der Waals surface area contributed by atoms with Gasteiger partial charge in [-0.05, 0) is 41.8 Å². The molecule has 0 atom stereocenters. The number of hydrogen-bond donors (Lipinski definition) is 2. The maximum Gasteiger partial charge on any atom is 0.274 e. The quantitative estimate of drug-likeness (QED) is 0.746. The van der Waals surface area contributed by atoms with Gasteiger partial charge in [-0.15, -0.1) is 0 Å². The Labute approximate surface area is 149 Å². The number of fused-ring (bicyclic) bond motifs is 1. The average Bonchev–Trinajstić information content (AvgIpc) is 2.68. The second-order valence-electron chi connectivity index (χ2n) is 6.22. The molecule has 1 amide bonds. The number of phenols is 1. The van der Waals surface area contributed by atoms with Crippen LogP contribution < -0.4 is 5.56 Å². The maximum atomic E-state index is 12.7. The molecule has 0 fully saturated rings. The molecule has 26 heavy (non-hydrogen) atoms. The SMILES string of the molecule is O=C(c1ccc2cc[nH]c(=O)c2n1)N1CC=C(c2ccc(O)cc2)CC1. The van der Waals surface area contributed by atoms with Crippen LogP contribution in [0.15, 0.2) is 59.5 Å². The fourth-order valence-corrected chi connectivity index (χ4v) is 3.13. The van der Waals surface area contributed by atoms with E-state index in [2.05, 4.69) is 9.97 Å². The highest BCUT2D eigenvalue weighted by Gasteiger charge is 2.20. The van der Waals surface area contributed by atoms with Crippen molar-refractivity contribution >= 4 is 22.4 Å². The summed E-state index contributed by atoms with van der Waals surface area (Å²) in [4.78, 5) is 33.2. The van der Waals surface area contributed by atoms with Gasteiger partial charge in [0.1, 0.15) is 17.0 Å². The number of nitrogens with one attached hydrogen (secondary N) is 1. The first-order valence-corrected chi connectivity index (χ1v) is 8.38. The summed E-state index contributed by atoms with van der Waals surface area (Å²) in [6.07, 6.45) is 4.31. The number of rotatable bonds is 2. The van der Waals surface area contributed by atoms with Crippen LogP contribution in [0, 0.1) is 0 Å². The number of carbonyl (C=O) groups is 1. The molecule has 1 aromatic carbocycles. The zero-order valence-electron chi connectivity index (χ0n) is 14.0. The molecule has 0 spiro atoms. The smallest absolute Gasteiger partial charge is 0.274 e. The molecule has 0 bridgehead atoms. The van der Waals surface area contributed by atoms with Crippen molar-refractivity contribution in [1.82, 2.24) is 14.9 Å². The standard InChI is InChI=1S/C20H17N3O3/c24-16-4-1-13(2-5-16)14-8-11-23(12-9-14)20(26)17-6-3-15-7-10-21-19(25)18(15)22-17/h1-8,10,24H,9,11-12H2,(H,21,25). The van der Waals surface area contributed by atoms with E-state index in [-0.39, 0.29) is 28.4 Å². The third-order valence-electron chi connectivity index (χ3n) is 4.57. The fourth-order valence-electron chi connectivity index (χ4n) is 3.13. The minimum Gasteiger partial charge on any atom is -0.508 e. The molecule has 4 rings (SSSR count). The topological polar surface area (TPSA) is 86.3 Å². The molecule has 2 N–H and O–H groups in total. The lowest BCUT2D eigenvalue weighted by atomic mass is 9.99. The maximum absolute atomic E-state index is 12.7. The van der Waals surface area contributed by atoms with Gasteiger partial charge in [0, 0.05) is 24.7 Å². The van der Waals surface area contributed by atoms with E-state index in [0.717, 1.165) is 17.6 Å². The Hall–Kier alpha value is -3.41. The molecule has 0 aliphatic carbocycles. The number of aromatic amines is 1. The normalized spacial score (nSPS) is 14.3. The summed E-state index contributed by atoms with van der Waals surface area (Å²) in [6.45, 7) is 1.07. The zero-order valence-corrected chi connectivity index (χ0v) is 14.0. The molecule has 0 saturated heterocycles. The monoisotopic (exact) mass is 347 g/mol. The van der Waals surface area contributed by atoms with Crippen molar-refractivity contribution in [3.63, 3.8) is 0 Å². The van der Waals surface area contributed by atoms with E-state index < -0.39 is 0 Å². The van der Waals surface area contributed by atoms with E-state index >= 15 is 0 Å². The van der Waals surface area contributed by atoms with Crippen LogP contribution in [0.25, 0.3) is 16.5 Å². The molecular formula is C20H17N3O3. The van der Waals surface area contributed by atoms with Gasteiger partial charge in [-0.1, -0.05) is 24.3 Å². The summed E-state index contributed by atoms with van der Waals surface area (Å²) < 4.78 is 0. The van der Waals surface area contributed by atoms with E-state index in [0.29, 0.717) is 18.5 Å². The number of nitrogens with zero attached hydrogens (tertiary/aromatic N) is 2. The summed E-state index contributed by atoms with van der Waals surface area (Å²) in [5, 5.41) is 10.1. The van der Waals surface area contributed by atoms with Gasteiger partial charge in [0.2, 0.25) is 0 Å². The highest BCUT2D eigenvalue weighted by Crippen LogP contribution is 2.24. The van der Waals surface area contributed by atoms with Gasteiger partial charge in [0.25, 0.3) is 11.5 Å². The number of amides is 1. The van der Waals surface area contributed by atoms with Crippen LogP contribution in [0.1, 0.15) is 22.5 Å². The van der Waals surface area contributed by atoms with Gasteiger partial charge in [-0.2, -0.15) is 0 Å². The Morgan fingerprint density at radius 1 is 1.12 bits per heavy atom. The molecule has 6 heteroatoms. The van der Waals surface area contributed by atoms with Crippen LogP contribution in [-0.2, 0) is 0 Å². The fraction of sp³-hybridized carbons (Fsp3) is 0.150.